The number of anilines is 1. The van der Waals surface area contributed by atoms with Crippen LogP contribution in [0.15, 0.2) is 18.2 Å². The van der Waals surface area contributed by atoms with E-state index in [-0.39, 0.29) is 37.3 Å². The molecule has 0 N–H and O–H groups in total. The molecule has 2 aliphatic rings. The van der Waals surface area contributed by atoms with Crippen molar-refractivity contribution in [3.8, 4) is 10.8 Å². The number of aromatic nitrogens is 5. The number of fused-ring (bicyclic) bond motifs is 1. The minimum Gasteiger partial charge on any atom is -0.329 e. The van der Waals surface area contributed by atoms with Crippen molar-refractivity contribution in [3.05, 3.63) is 35.4 Å². The summed E-state index contributed by atoms with van der Waals surface area (Å²) < 4.78 is 45.6. The minimum absolute atomic E-state index is 0.203. The molecule has 0 saturated carbocycles. The van der Waals surface area contributed by atoms with E-state index in [0.29, 0.717) is 40.8 Å². The third-order valence-electron chi connectivity index (χ3n) is 5.18. The highest BCUT2D eigenvalue weighted by Crippen LogP contribution is 2.32. The first-order valence-corrected chi connectivity index (χ1v) is 10.0. The maximum absolute atomic E-state index is 13.5. The van der Waals surface area contributed by atoms with E-state index in [4.69, 9.17) is 0 Å². The summed E-state index contributed by atoms with van der Waals surface area (Å²) in [5.74, 6) is -1.89. The van der Waals surface area contributed by atoms with Gasteiger partial charge in [-0.05, 0) is 23.7 Å². The van der Waals surface area contributed by atoms with Crippen molar-refractivity contribution in [2.24, 2.45) is 0 Å². The Morgan fingerprint density at radius 2 is 2.00 bits per heavy atom. The quantitative estimate of drug-likeness (QED) is 0.554. The molecular weight excluding hydrogens is 418 g/mol. The lowest BCUT2D eigenvalue weighted by Gasteiger charge is -2.37. The summed E-state index contributed by atoms with van der Waals surface area (Å²) in [6.07, 6.45) is 0. The fraction of sp³-hybridized carbons (Fsp3) is 0.353. The Balaban J connectivity index is 1.33. The fourth-order valence-electron chi connectivity index (χ4n) is 3.54. The van der Waals surface area contributed by atoms with Crippen molar-refractivity contribution in [2.75, 3.05) is 24.5 Å². The van der Waals surface area contributed by atoms with Gasteiger partial charge in [0.2, 0.25) is 5.95 Å². The van der Waals surface area contributed by atoms with Crippen LogP contribution in [0, 0.1) is 5.82 Å². The van der Waals surface area contributed by atoms with Gasteiger partial charge < -0.3 is 14.4 Å². The van der Waals surface area contributed by atoms with Crippen LogP contribution in [0.25, 0.3) is 10.8 Å². The smallest absolute Gasteiger partial charge is 0.282 e. The number of hydrogen-bond donors (Lipinski definition) is 0. The highest BCUT2D eigenvalue weighted by molar-refractivity contribution is 7.09. The van der Waals surface area contributed by atoms with E-state index >= 15 is 0 Å². The lowest BCUT2D eigenvalue weighted by atomic mass is 9.93. The van der Waals surface area contributed by atoms with Gasteiger partial charge in [0.15, 0.2) is 16.7 Å². The third kappa shape index (κ3) is 3.22. The number of rotatable bonds is 3. The third-order valence-corrected chi connectivity index (χ3v) is 5.88. The van der Waals surface area contributed by atoms with Crippen LogP contribution in [0.1, 0.15) is 16.2 Å². The first-order chi connectivity index (χ1) is 14.3. The van der Waals surface area contributed by atoms with Crippen LogP contribution in [-0.4, -0.2) is 68.3 Å². The number of alkyl halides is 2. The van der Waals surface area contributed by atoms with Crippen molar-refractivity contribution >= 4 is 36.7 Å². The van der Waals surface area contributed by atoms with E-state index in [1.54, 1.807) is 12.7 Å². The molecule has 1 fully saturated rings. The Morgan fingerprint density at radius 3 is 2.73 bits per heavy atom. The maximum atomic E-state index is 13.5. The SMILES string of the molecule is Bc1cc(C(=O)N2CCn3c(nnc3-c3nc(N4CC(F)(F)C4)ns3)C2)ccc1F. The predicted octanol–water partition coefficient (Wildman–Crippen LogP) is 0.305. The first kappa shape index (κ1) is 19.0. The molecule has 3 aromatic rings. The molecule has 5 rings (SSSR count). The molecule has 1 aromatic carbocycles. The van der Waals surface area contributed by atoms with Crippen molar-refractivity contribution in [2.45, 2.75) is 19.0 Å². The van der Waals surface area contributed by atoms with E-state index in [2.05, 4.69) is 19.6 Å². The average Bonchev–Trinajstić information content (AvgIpc) is 3.33. The second kappa shape index (κ2) is 6.79. The molecule has 0 radical (unpaired) electrons. The molecule has 0 aliphatic carbocycles. The normalized spacial score (nSPS) is 17.6. The molecule has 1 amide bonds. The zero-order valence-electron chi connectivity index (χ0n) is 15.8. The number of nitrogens with zero attached hydrogens (tertiary/aromatic N) is 7. The Labute approximate surface area is 173 Å². The number of halogens is 3. The molecule has 30 heavy (non-hydrogen) atoms. The largest absolute Gasteiger partial charge is 0.329 e. The number of carbonyl (C=O) groups excluding carboxylic acids is 1. The molecule has 4 heterocycles. The first-order valence-electron chi connectivity index (χ1n) is 9.25. The van der Waals surface area contributed by atoms with Crippen LogP contribution < -0.4 is 10.4 Å². The summed E-state index contributed by atoms with van der Waals surface area (Å²) in [5, 5.41) is 8.83. The molecular formula is C17H15BF3N7OS. The summed E-state index contributed by atoms with van der Waals surface area (Å²) in [5.41, 5.74) is 0.831. The molecule has 0 bridgehead atoms. The maximum Gasteiger partial charge on any atom is 0.282 e. The van der Waals surface area contributed by atoms with Crippen LogP contribution >= 0.6 is 11.5 Å². The Kier molecular flexibility index (Phi) is 4.31. The monoisotopic (exact) mass is 433 g/mol. The van der Waals surface area contributed by atoms with Crippen LogP contribution in [-0.2, 0) is 13.1 Å². The predicted molar refractivity (Wildman–Crippen MR) is 105 cm³/mol. The van der Waals surface area contributed by atoms with E-state index < -0.39 is 5.92 Å². The van der Waals surface area contributed by atoms with E-state index in [1.165, 1.54) is 23.1 Å². The summed E-state index contributed by atoms with van der Waals surface area (Å²) >= 11 is 1.08. The lowest BCUT2D eigenvalue weighted by Crippen LogP contribution is -2.56. The average molecular weight is 433 g/mol. The molecule has 8 nitrogen and oxygen atoms in total. The van der Waals surface area contributed by atoms with Gasteiger partial charge in [0, 0.05) is 18.7 Å². The molecule has 0 spiro atoms. The zero-order valence-corrected chi connectivity index (χ0v) is 16.7. The Bertz CT molecular complexity index is 1140. The van der Waals surface area contributed by atoms with Crippen LogP contribution in [0.2, 0.25) is 0 Å². The highest BCUT2D eigenvalue weighted by Gasteiger charge is 2.45. The van der Waals surface area contributed by atoms with Gasteiger partial charge in [0.25, 0.3) is 11.8 Å². The van der Waals surface area contributed by atoms with Gasteiger partial charge in [-0.25, -0.2) is 13.2 Å². The van der Waals surface area contributed by atoms with Crippen LogP contribution in [0.3, 0.4) is 0 Å². The van der Waals surface area contributed by atoms with Gasteiger partial charge in [0.1, 0.15) is 13.7 Å². The lowest BCUT2D eigenvalue weighted by molar-refractivity contribution is -0.0270. The van der Waals surface area contributed by atoms with Crippen molar-refractivity contribution < 1.29 is 18.0 Å². The van der Waals surface area contributed by atoms with Gasteiger partial charge in [0.05, 0.1) is 19.6 Å². The second-order valence-corrected chi connectivity index (χ2v) is 8.15. The minimum atomic E-state index is -2.70. The summed E-state index contributed by atoms with van der Waals surface area (Å²) in [6.45, 7) is 0.367. The van der Waals surface area contributed by atoms with E-state index in [1.807, 2.05) is 4.57 Å². The van der Waals surface area contributed by atoms with Crippen molar-refractivity contribution in [1.29, 1.82) is 0 Å². The standard InChI is InChI=1S/C17H15BF3N7OS/c18-10-5-9(1-2-11(10)19)15(29)26-3-4-28-12(6-26)23-24-13(28)14-22-16(25-30-14)27-7-17(20,21)8-27/h1-2,5H,3-4,6-8,18H2. The summed E-state index contributed by atoms with van der Waals surface area (Å²) in [6, 6.07) is 4.29. The summed E-state index contributed by atoms with van der Waals surface area (Å²) in [4.78, 5) is 20.2. The Hall–Kier alpha value is -2.96. The van der Waals surface area contributed by atoms with Crippen molar-refractivity contribution in [1.82, 2.24) is 29.0 Å². The molecule has 154 valence electrons. The second-order valence-electron chi connectivity index (χ2n) is 7.39. The van der Waals surface area contributed by atoms with Gasteiger partial charge in [-0.2, -0.15) is 9.36 Å². The van der Waals surface area contributed by atoms with Crippen molar-refractivity contribution in [3.63, 3.8) is 0 Å². The number of carbonyl (C=O) groups is 1. The molecule has 0 atom stereocenters. The van der Waals surface area contributed by atoms with Gasteiger partial charge in [-0.1, -0.05) is 11.5 Å². The number of benzene rings is 1. The molecule has 13 heteroatoms. The molecule has 2 aliphatic heterocycles. The topological polar surface area (TPSA) is 80.0 Å². The molecule has 0 unspecified atom stereocenters. The van der Waals surface area contributed by atoms with E-state index in [9.17, 15) is 18.0 Å². The van der Waals surface area contributed by atoms with Gasteiger partial charge in [-0.3, -0.25) is 4.79 Å². The Morgan fingerprint density at radius 1 is 1.20 bits per heavy atom. The molecule has 1 saturated heterocycles. The van der Waals surface area contributed by atoms with Gasteiger partial charge in [-0.15, -0.1) is 10.2 Å². The fourth-order valence-corrected chi connectivity index (χ4v) is 4.22. The summed E-state index contributed by atoms with van der Waals surface area (Å²) in [7, 11) is 1.61. The zero-order chi connectivity index (χ0) is 21.0. The highest BCUT2D eigenvalue weighted by atomic mass is 32.1. The van der Waals surface area contributed by atoms with Crippen LogP contribution in [0.5, 0.6) is 0 Å². The number of amides is 1. The van der Waals surface area contributed by atoms with Gasteiger partial charge >= 0.3 is 0 Å². The molecule has 2 aromatic heterocycles. The number of hydrogen-bond acceptors (Lipinski definition) is 7. The van der Waals surface area contributed by atoms with E-state index in [0.717, 1.165) is 11.5 Å². The van der Waals surface area contributed by atoms with Crippen LogP contribution in [0.4, 0.5) is 19.1 Å².